The zero-order valence-electron chi connectivity index (χ0n) is 15.2. The maximum absolute atomic E-state index is 13.6. The molecular formula is C18H26Cl2FN5O. The Labute approximate surface area is 171 Å². The first-order valence-corrected chi connectivity index (χ1v) is 8.69. The molecule has 2 aromatic rings. The molecule has 1 unspecified atom stereocenters. The Morgan fingerprint density at radius 3 is 2.93 bits per heavy atom. The molecule has 1 saturated heterocycles. The summed E-state index contributed by atoms with van der Waals surface area (Å²) in [5.74, 6) is 0.376. The Hall–Kier alpha value is -1.67. The molecule has 1 aliphatic rings. The molecule has 150 valence electrons. The largest absolute Gasteiger partial charge is 0.314 e. The molecule has 1 fully saturated rings. The monoisotopic (exact) mass is 417 g/mol. The summed E-state index contributed by atoms with van der Waals surface area (Å²) in [7, 11) is 0. The van der Waals surface area contributed by atoms with Crippen molar-refractivity contribution in [3.8, 4) is 0 Å². The number of hydrogen-bond acceptors (Lipinski definition) is 4. The van der Waals surface area contributed by atoms with Crippen molar-refractivity contribution >= 4 is 36.5 Å². The number of halogens is 3. The number of benzene rings is 1. The van der Waals surface area contributed by atoms with Gasteiger partial charge in [0.2, 0.25) is 5.91 Å². The van der Waals surface area contributed by atoms with E-state index in [0.717, 1.165) is 31.6 Å². The lowest BCUT2D eigenvalue weighted by atomic mass is 10.0. The number of aromatic nitrogens is 2. The Bertz CT molecular complexity index is 727. The van der Waals surface area contributed by atoms with Crippen LogP contribution < -0.4 is 10.6 Å². The van der Waals surface area contributed by atoms with Crippen molar-refractivity contribution in [2.24, 2.45) is 0 Å². The van der Waals surface area contributed by atoms with E-state index in [2.05, 4.69) is 27.6 Å². The highest BCUT2D eigenvalue weighted by atomic mass is 35.5. The van der Waals surface area contributed by atoms with Crippen LogP contribution in [0.5, 0.6) is 0 Å². The number of piperazine rings is 1. The third-order valence-electron chi connectivity index (χ3n) is 4.35. The standard InChI is InChI=1S/C18H24FN5O.2ClH/c1-2-9-24-17(6-7-21-24)22-18(25)13-23-10-8-20-12-16(23)14-4-3-5-15(19)11-14;;/h3-7,11,16,20H,2,8-10,12-13H2,1H3,(H,22,25);2*1H. The van der Waals surface area contributed by atoms with E-state index in [1.165, 1.54) is 6.07 Å². The first kappa shape index (κ1) is 23.4. The van der Waals surface area contributed by atoms with Gasteiger partial charge in [-0.25, -0.2) is 9.07 Å². The van der Waals surface area contributed by atoms with Gasteiger partial charge in [-0.2, -0.15) is 5.10 Å². The highest BCUT2D eigenvalue weighted by Gasteiger charge is 2.26. The molecule has 2 heterocycles. The normalized spacial score (nSPS) is 16.9. The lowest BCUT2D eigenvalue weighted by Gasteiger charge is -2.36. The van der Waals surface area contributed by atoms with E-state index in [-0.39, 0.29) is 49.1 Å². The second kappa shape index (κ2) is 11.2. The van der Waals surface area contributed by atoms with Crippen LogP contribution in [0.4, 0.5) is 10.2 Å². The van der Waals surface area contributed by atoms with E-state index in [1.807, 2.05) is 6.07 Å². The maximum atomic E-state index is 13.6. The number of anilines is 1. The molecule has 3 rings (SSSR count). The predicted octanol–water partition coefficient (Wildman–Crippen LogP) is 2.86. The summed E-state index contributed by atoms with van der Waals surface area (Å²) in [6, 6.07) is 8.37. The van der Waals surface area contributed by atoms with Gasteiger partial charge >= 0.3 is 0 Å². The fourth-order valence-electron chi connectivity index (χ4n) is 3.17. The highest BCUT2D eigenvalue weighted by molar-refractivity contribution is 5.91. The average Bonchev–Trinajstić information content (AvgIpc) is 3.02. The number of nitrogens with one attached hydrogen (secondary N) is 2. The van der Waals surface area contributed by atoms with Gasteiger partial charge in [-0.3, -0.25) is 9.69 Å². The fraction of sp³-hybridized carbons (Fsp3) is 0.444. The summed E-state index contributed by atoms with van der Waals surface area (Å²) in [6.45, 7) is 5.35. The minimum absolute atomic E-state index is 0. The minimum Gasteiger partial charge on any atom is -0.314 e. The third kappa shape index (κ3) is 6.17. The molecule has 9 heteroatoms. The second-order valence-electron chi connectivity index (χ2n) is 6.23. The highest BCUT2D eigenvalue weighted by Crippen LogP contribution is 2.22. The van der Waals surface area contributed by atoms with Gasteiger partial charge in [0, 0.05) is 38.3 Å². The van der Waals surface area contributed by atoms with Crippen LogP contribution in [-0.2, 0) is 11.3 Å². The van der Waals surface area contributed by atoms with Gasteiger partial charge in [0.15, 0.2) is 0 Å². The molecular weight excluding hydrogens is 392 g/mol. The summed E-state index contributed by atoms with van der Waals surface area (Å²) >= 11 is 0. The molecule has 0 aliphatic carbocycles. The minimum atomic E-state index is -0.254. The van der Waals surface area contributed by atoms with E-state index in [4.69, 9.17) is 0 Å². The fourth-order valence-corrected chi connectivity index (χ4v) is 3.17. The first-order valence-electron chi connectivity index (χ1n) is 8.69. The van der Waals surface area contributed by atoms with Crippen LogP contribution in [0, 0.1) is 5.82 Å². The average molecular weight is 418 g/mol. The molecule has 27 heavy (non-hydrogen) atoms. The van der Waals surface area contributed by atoms with Gasteiger partial charge in [0.1, 0.15) is 11.6 Å². The number of nitrogens with zero attached hydrogens (tertiary/aromatic N) is 3. The number of carbonyl (C=O) groups is 1. The summed E-state index contributed by atoms with van der Waals surface area (Å²) in [5.41, 5.74) is 0.885. The maximum Gasteiger partial charge on any atom is 0.239 e. The quantitative estimate of drug-likeness (QED) is 0.758. The molecule has 1 aromatic heterocycles. The summed E-state index contributed by atoms with van der Waals surface area (Å²) in [6.07, 6.45) is 2.63. The Morgan fingerprint density at radius 2 is 2.19 bits per heavy atom. The van der Waals surface area contributed by atoms with Crippen molar-refractivity contribution in [2.75, 3.05) is 31.5 Å². The van der Waals surface area contributed by atoms with E-state index < -0.39 is 0 Å². The lowest BCUT2D eigenvalue weighted by molar-refractivity contribution is -0.118. The van der Waals surface area contributed by atoms with Gasteiger partial charge < -0.3 is 10.6 Å². The van der Waals surface area contributed by atoms with Crippen LogP contribution in [0.2, 0.25) is 0 Å². The molecule has 1 aliphatic heterocycles. The van der Waals surface area contributed by atoms with E-state index in [0.29, 0.717) is 12.4 Å². The Kier molecular flexibility index (Phi) is 9.73. The Balaban J connectivity index is 0.00000182. The first-order chi connectivity index (χ1) is 12.2. The van der Waals surface area contributed by atoms with Crippen molar-refractivity contribution in [3.05, 3.63) is 47.9 Å². The van der Waals surface area contributed by atoms with Crippen LogP contribution in [-0.4, -0.2) is 46.8 Å². The molecule has 1 amide bonds. The van der Waals surface area contributed by atoms with Gasteiger partial charge in [0.05, 0.1) is 12.7 Å². The lowest BCUT2D eigenvalue weighted by Crippen LogP contribution is -2.48. The molecule has 1 aromatic carbocycles. The molecule has 0 radical (unpaired) electrons. The van der Waals surface area contributed by atoms with Crippen LogP contribution >= 0.6 is 24.8 Å². The molecule has 0 spiro atoms. The Morgan fingerprint density at radius 1 is 1.37 bits per heavy atom. The zero-order chi connectivity index (χ0) is 17.6. The van der Waals surface area contributed by atoms with Crippen molar-refractivity contribution < 1.29 is 9.18 Å². The van der Waals surface area contributed by atoms with E-state index in [1.54, 1.807) is 29.1 Å². The van der Waals surface area contributed by atoms with E-state index >= 15 is 0 Å². The molecule has 1 atom stereocenters. The molecule has 6 nitrogen and oxygen atoms in total. The predicted molar refractivity (Wildman–Crippen MR) is 109 cm³/mol. The molecule has 2 N–H and O–H groups in total. The summed E-state index contributed by atoms with van der Waals surface area (Å²) in [5, 5.41) is 10.5. The third-order valence-corrected chi connectivity index (χ3v) is 4.35. The number of rotatable bonds is 6. The van der Waals surface area contributed by atoms with Gasteiger partial charge in [-0.15, -0.1) is 24.8 Å². The SMILES string of the molecule is CCCn1nccc1NC(=O)CN1CCNCC1c1cccc(F)c1.Cl.Cl. The van der Waals surface area contributed by atoms with Crippen LogP contribution in [0.25, 0.3) is 0 Å². The summed E-state index contributed by atoms with van der Waals surface area (Å²) < 4.78 is 15.3. The number of aryl methyl sites for hydroxylation is 1. The van der Waals surface area contributed by atoms with Gasteiger partial charge in [-0.1, -0.05) is 19.1 Å². The van der Waals surface area contributed by atoms with Crippen LogP contribution in [0.3, 0.4) is 0 Å². The van der Waals surface area contributed by atoms with Crippen molar-refractivity contribution in [3.63, 3.8) is 0 Å². The topological polar surface area (TPSA) is 62.2 Å². The van der Waals surface area contributed by atoms with Crippen molar-refractivity contribution in [1.29, 1.82) is 0 Å². The van der Waals surface area contributed by atoms with Crippen molar-refractivity contribution in [1.82, 2.24) is 20.0 Å². The van der Waals surface area contributed by atoms with Gasteiger partial charge in [-0.05, 0) is 24.1 Å². The second-order valence-corrected chi connectivity index (χ2v) is 6.23. The van der Waals surface area contributed by atoms with Gasteiger partial charge in [0.25, 0.3) is 0 Å². The number of carbonyl (C=O) groups excluding carboxylic acids is 1. The zero-order valence-corrected chi connectivity index (χ0v) is 16.9. The summed E-state index contributed by atoms with van der Waals surface area (Å²) in [4.78, 5) is 14.6. The van der Waals surface area contributed by atoms with Crippen LogP contribution in [0.15, 0.2) is 36.5 Å². The smallest absolute Gasteiger partial charge is 0.239 e. The van der Waals surface area contributed by atoms with Crippen LogP contribution in [0.1, 0.15) is 24.9 Å². The number of hydrogen-bond donors (Lipinski definition) is 2. The van der Waals surface area contributed by atoms with Crippen molar-refractivity contribution in [2.45, 2.75) is 25.9 Å². The molecule has 0 bridgehead atoms. The molecule has 0 saturated carbocycles. The van der Waals surface area contributed by atoms with E-state index in [9.17, 15) is 9.18 Å². The number of amides is 1.